The Balaban J connectivity index is 1.90. The lowest BCUT2D eigenvalue weighted by molar-refractivity contribution is 0.102. The van der Waals surface area contributed by atoms with Gasteiger partial charge in [0, 0.05) is 17.7 Å². The molecule has 2 aromatic rings. The van der Waals surface area contributed by atoms with Crippen molar-refractivity contribution in [3.8, 4) is 5.75 Å². The zero-order valence-electron chi connectivity index (χ0n) is 13.8. The summed E-state index contributed by atoms with van der Waals surface area (Å²) in [5.74, 6) is -2.36. The van der Waals surface area contributed by atoms with Crippen LogP contribution in [-0.2, 0) is 10.0 Å². The summed E-state index contributed by atoms with van der Waals surface area (Å²) in [5.41, 5.74) is -0.224. The van der Waals surface area contributed by atoms with Crippen LogP contribution in [0.1, 0.15) is 23.2 Å². The van der Waals surface area contributed by atoms with Crippen molar-refractivity contribution in [1.82, 2.24) is 4.72 Å². The average Bonchev–Trinajstić information content (AvgIpc) is 3.40. The van der Waals surface area contributed by atoms with Crippen molar-refractivity contribution < 1.29 is 26.7 Å². The van der Waals surface area contributed by atoms with Crippen LogP contribution in [0.25, 0.3) is 0 Å². The molecule has 9 heteroatoms. The van der Waals surface area contributed by atoms with E-state index in [2.05, 4.69) is 10.0 Å². The van der Waals surface area contributed by atoms with Gasteiger partial charge in [-0.3, -0.25) is 4.79 Å². The summed E-state index contributed by atoms with van der Waals surface area (Å²) in [7, 11) is -2.54. The van der Waals surface area contributed by atoms with Crippen LogP contribution in [0.15, 0.2) is 41.3 Å². The largest absolute Gasteiger partial charge is 0.495 e. The fourth-order valence-corrected chi connectivity index (χ4v) is 3.80. The quantitative estimate of drug-likeness (QED) is 0.805. The van der Waals surface area contributed by atoms with Gasteiger partial charge in [-0.2, -0.15) is 0 Å². The number of halogens is 2. The van der Waals surface area contributed by atoms with Crippen molar-refractivity contribution in [1.29, 1.82) is 0 Å². The predicted molar refractivity (Wildman–Crippen MR) is 90.6 cm³/mol. The van der Waals surface area contributed by atoms with Crippen LogP contribution in [0.3, 0.4) is 0 Å². The Labute approximate surface area is 149 Å². The molecule has 26 heavy (non-hydrogen) atoms. The van der Waals surface area contributed by atoms with Crippen molar-refractivity contribution in [2.45, 2.75) is 23.8 Å². The number of methoxy groups -OCH3 is 1. The van der Waals surface area contributed by atoms with Gasteiger partial charge in [0.15, 0.2) is 0 Å². The first-order valence-electron chi connectivity index (χ1n) is 7.77. The van der Waals surface area contributed by atoms with E-state index in [0.29, 0.717) is 6.07 Å². The fourth-order valence-electron chi connectivity index (χ4n) is 2.30. The average molecular weight is 382 g/mol. The molecule has 0 spiro atoms. The van der Waals surface area contributed by atoms with Crippen LogP contribution in [-0.4, -0.2) is 27.5 Å². The Morgan fingerprint density at radius 3 is 2.50 bits per heavy atom. The van der Waals surface area contributed by atoms with E-state index in [-0.39, 0.29) is 27.9 Å². The zero-order valence-corrected chi connectivity index (χ0v) is 14.6. The van der Waals surface area contributed by atoms with Gasteiger partial charge in [-0.25, -0.2) is 21.9 Å². The van der Waals surface area contributed by atoms with Crippen LogP contribution >= 0.6 is 0 Å². The number of carbonyl (C=O) groups excluding carboxylic acids is 1. The van der Waals surface area contributed by atoms with Crippen molar-refractivity contribution >= 4 is 21.6 Å². The van der Waals surface area contributed by atoms with Crippen LogP contribution in [0, 0.1) is 11.6 Å². The minimum Gasteiger partial charge on any atom is -0.495 e. The first-order valence-corrected chi connectivity index (χ1v) is 9.25. The maximum absolute atomic E-state index is 13.7. The smallest absolute Gasteiger partial charge is 0.255 e. The summed E-state index contributed by atoms with van der Waals surface area (Å²) in [4.78, 5) is 12.2. The van der Waals surface area contributed by atoms with Gasteiger partial charge >= 0.3 is 0 Å². The number of rotatable bonds is 6. The molecule has 1 amide bonds. The highest BCUT2D eigenvalue weighted by molar-refractivity contribution is 7.89. The van der Waals surface area contributed by atoms with E-state index in [0.717, 1.165) is 31.0 Å². The highest BCUT2D eigenvalue weighted by Gasteiger charge is 2.30. The third kappa shape index (κ3) is 4.00. The van der Waals surface area contributed by atoms with Crippen molar-refractivity contribution in [2.24, 2.45) is 0 Å². The molecule has 0 heterocycles. The molecule has 1 aliphatic carbocycles. The summed E-state index contributed by atoms with van der Waals surface area (Å²) in [6.07, 6.45) is 1.51. The maximum atomic E-state index is 13.7. The fraction of sp³-hybridized carbons (Fsp3) is 0.235. The lowest BCUT2D eigenvalue weighted by Gasteiger charge is -2.12. The number of hydrogen-bond acceptors (Lipinski definition) is 4. The second-order valence-corrected chi connectivity index (χ2v) is 7.52. The van der Waals surface area contributed by atoms with Crippen molar-refractivity contribution in [3.05, 3.63) is 53.6 Å². The van der Waals surface area contributed by atoms with E-state index in [1.54, 1.807) is 0 Å². The molecule has 1 saturated carbocycles. The minimum atomic E-state index is -3.86. The third-order valence-electron chi connectivity index (χ3n) is 3.79. The van der Waals surface area contributed by atoms with E-state index in [1.807, 2.05) is 0 Å². The topological polar surface area (TPSA) is 84.5 Å². The van der Waals surface area contributed by atoms with E-state index >= 15 is 0 Å². The SMILES string of the molecule is COc1ccc(C(=O)Nc2ccc(F)cc2F)cc1S(=O)(=O)NC1CC1. The van der Waals surface area contributed by atoms with E-state index < -0.39 is 27.6 Å². The number of nitrogens with one attached hydrogen (secondary N) is 2. The molecule has 0 bridgehead atoms. The monoisotopic (exact) mass is 382 g/mol. The molecule has 0 unspecified atom stereocenters. The van der Waals surface area contributed by atoms with Crippen LogP contribution in [0.2, 0.25) is 0 Å². The Morgan fingerprint density at radius 2 is 1.88 bits per heavy atom. The zero-order chi connectivity index (χ0) is 18.9. The molecule has 0 saturated heterocycles. The molecule has 0 radical (unpaired) electrons. The predicted octanol–water partition coefficient (Wildman–Crippen LogP) is 2.67. The van der Waals surface area contributed by atoms with E-state index in [9.17, 15) is 22.0 Å². The van der Waals surface area contributed by atoms with Crippen LogP contribution in [0.4, 0.5) is 14.5 Å². The minimum absolute atomic E-state index is 0.00861. The van der Waals surface area contributed by atoms with Gasteiger partial charge in [0.1, 0.15) is 22.3 Å². The Kier molecular flexibility index (Phi) is 4.92. The van der Waals surface area contributed by atoms with Gasteiger partial charge in [0.25, 0.3) is 5.91 Å². The van der Waals surface area contributed by atoms with Gasteiger partial charge in [-0.15, -0.1) is 0 Å². The van der Waals surface area contributed by atoms with Gasteiger partial charge in [0.2, 0.25) is 10.0 Å². The third-order valence-corrected chi connectivity index (χ3v) is 5.34. The molecule has 1 fully saturated rings. The van der Waals surface area contributed by atoms with E-state index in [1.165, 1.54) is 19.2 Å². The lowest BCUT2D eigenvalue weighted by Crippen LogP contribution is -2.26. The molecular formula is C17H16F2N2O4S. The number of ether oxygens (including phenoxy) is 1. The maximum Gasteiger partial charge on any atom is 0.255 e. The first kappa shape index (κ1) is 18.3. The molecule has 3 rings (SSSR count). The summed E-state index contributed by atoms with van der Waals surface area (Å²) >= 11 is 0. The van der Waals surface area contributed by atoms with Crippen molar-refractivity contribution in [3.63, 3.8) is 0 Å². The molecular weight excluding hydrogens is 366 g/mol. The van der Waals surface area contributed by atoms with Gasteiger partial charge in [-0.1, -0.05) is 0 Å². The lowest BCUT2D eigenvalue weighted by atomic mass is 10.2. The second kappa shape index (κ2) is 7.00. The van der Waals surface area contributed by atoms with Gasteiger partial charge in [0.05, 0.1) is 12.8 Å². The number of hydrogen-bond donors (Lipinski definition) is 2. The Morgan fingerprint density at radius 1 is 1.15 bits per heavy atom. The Hall–Kier alpha value is -2.52. The van der Waals surface area contributed by atoms with Crippen LogP contribution < -0.4 is 14.8 Å². The summed E-state index contributed by atoms with van der Waals surface area (Å²) < 4.78 is 59.1. The number of amides is 1. The Bertz CT molecular complexity index is 959. The number of carbonyl (C=O) groups is 1. The molecule has 2 aromatic carbocycles. The first-order chi connectivity index (χ1) is 12.3. The molecule has 6 nitrogen and oxygen atoms in total. The number of anilines is 1. The highest BCUT2D eigenvalue weighted by Crippen LogP contribution is 2.28. The molecule has 0 aliphatic heterocycles. The van der Waals surface area contributed by atoms with Gasteiger partial charge in [-0.05, 0) is 43.2 Å². The van der Waals surface area contributed by atoms with E-state index in [4.69, 9.17) is 4.74 Å². The standard InChI is InChI=1S/C17H16F2N2O4S/c1-25-15-7-2-10(8-16(15)26(23,24)21-12-4-5-12)17(22)20-14-6-3-11(18)9-13(14)19/h2-3,6-9,12,21H,4-5H2,1H3,(H,20,22). The second-order valence-electron chi connectivity index (χ2n) is 5.84. The van der Waals surface area contributed by atoms with Crippen LogP contribution in [0.5, 0.6) is 5.75 Å². The molecule has 0 atom stereocenters. The summed E-state index contributed by atoms with van der Waals surface area (Å²) in [6, 6.07) is 6.46. The molecule has 0 aromatic heterocycles. The summed E-state index contributed by atoms with van der Waals surface area (Å²) in [6.45, 7) is 0. The molecule has 1 aliphatic rings. The van der Waals surface area contributed by atoms with Crippen molar-refractivity contribution in [2.75, 3.05) is 12.4 Å². The number of benzene rings is 2. The molecule has 2 N–H and O–H groups in total. The number of sulfonamides is 1. The molecule has 138 valence electrons. The normalized spacial score (nSPS) is 14.1. The van der Waals surface area contributed by atoms with Gasteiger partial charge < -0.3 is 10.1 Å². The summed E-state index contributed by atoms with van der Waals surface area (Å²) in [5, 5.41) is 2.29. The highest BCUT2D eigenvalue weighted by atomic mass is 32.2.